The van der Waals surface area contributed by atoms with Crippen LogP contribution in [0.3, 0.4) is 0 Å². The van der Waals surface area contributed by atoms with E-state index in [4.69, 9.17) is 0 Å². The van der Waals surface area contributed by atoms with E-state index in [1.54, 1.807) is 4.90 Å². The lowest BCUT2D eigenvalue weighted by Crippen LogP contribution is -2.39. The Kier molecular flexibility index (Phi) is 5.15. The number of aliphatic hydroxyl groups is 1. The molecule has 0 aromatic heterocycles. The third-order valence-electron chi connectivity index (χ3n) is 3.96. The zero-order chi connectivity index (χ0) is 14.5. The lowest BCUT2D eigenvalue weighted by molar-refractivity contribution is -0.136. The van der Waals surface area contributed by atoms with Crippen molar-refractivity contribution in [2.45, 2.75) is 26.4 Å². The molecule has 0 aliphatic carbocycles. The maximum Gasteiger partial charge on any atom is 0.227 e. The Labute approximate surface area is 120 Å². The van der Waals surface area contributed by atoms with Gasteiger partial charge in [-0.15, -0.1) is 0 Å². The van der Waals surface area contributed by atoms with Crippen molar-refractivity contribution in [1.82, 2.24) is 10.2 Å². The monoisotopic (exact) mass is 276 g/mol. The molecule has 0 bridgehead atoms. The molecular weight excluding hydrogens is 252 g/mol. The number of rotatable bonds is 5. The average Bonchev–Trinajstić information content (AvgIpc) is 2.98. The van der Waals surface area contributed by atoms with Crippen LogP contribution < -0.4 is 5.32 Å². The van der Waals surface area contributed by atoms with E-state index in [2.05, 4.69) is 5.32 Å². The van der Waals surface area contributed by atoms with Gasteiger partial charge in [0.25, 0.3) is 0 Å². The molecule has 1 aliphatic rings. The zero-order valence-electron chi connectivity index (χ0n) is 12.3. The van der Waals surface area contributed by atoms with Gasteiger partial charge in [-0.05, 0) is 32.4 Å². The number of carbonyl (C=O) groups excluding carboxylic acids is 1. The summed E-state index contributed by atoms with van der Waals surface area (Å²) < 4.78 is 0. The number of likely N-dealkylation sites (N-methyl/N-ethyl adjacent to an activating group) is 1. The largest absolute Gasteiger partial charge is 0.387 e. The molecule has 2 N–H and O–H groups in total. The first-order valence-electron chi connectivity index (χ1n) is 7.36. The van der Waals surface area contributed by atoms with E-state index in [9.17, 15) is 9.90 Å². The summed E-state index contributed by atoms with van der Waals surface area (Å²) in [5.41, 5.74) is 2.04. The predicted octanol–water partition coefficient (Wildman–Crippen LogP) is 1.49. The van der Waals surface area contributed by atoms with Crippen molar-refractivity contribution in [1.29, 1.82) is 0 Å². The first-order valence-corrected chi connectivity index (χ1v) is 7.36. The van der Waals surface area contributed by atoms with Gasteiger partial charge in [-0.25, -0.2) is 0 Å². The van der Waals surface area contributed by atoms with Gasteiger partial charge < -0.3 is 15.3 Å². The fraction of sp³-hybridized carbons (Fsp3) is 0.562. The Morgan fingerprint density at radius 1 is 1.45 bits per heavy atom. The minimum atomic E-state index is -0.617. The van der Waals surface area contributed by atoms with Gasteiger partial charge >= 0.3 is 0 Å². The van der Waals surface area contributed by atoms with Crippen molar-refractivity contribution in [3.8, 4) is 0 Å². The summed E-state index contributed by atoms with van der Waals surface area (Å²) >= 11 is 0. The molecule has 0 radical (unpaired) electrons. The van der Waals surface area contributed by atoms with Crippen LogP contribution in [-0.4, -0.2) is 42.1 Å². The average molecular weight is 276 g/mol. The summed E-state index contributed by atoms with van der Waals surface area (Å²) in [6.45, 7) is 6.66. The van der Waals surface area contributed by atoms with Crippen LogP contribution >= 0.6 is 0 Å². The van der Waals surface area contributed by atoms with E-state index in [0.29, 0.717) is 13.1 Å². The second-order valence-electron chi connectivity index (χ2n) is 5.49. The number of aryl methyl sites for hydroxylation is 1. The number of benzene rings is 1. The second kappa shape index (κ2) is 6.86. The van der Waals surface area contributed by atoms with Gasteiger partial charge in [0.05, 0.1) is 18.6 Å². The molecule has 4 nitrogen and oxygen atoms in total. The minimum absolute atomic E-state index is 0.0696. The molecule has 1 fully saturated rings. The lowest BCUT2D eigenvalue weighted by atomic mass is 10.0. The third-order valence-corrected chi connectivity index (χ3v) is 3.96. The highest BCUT2D eigenvalue weighted by molar-refractivity contribution is 5.79. The Morgan fingerprint density at radius 2 is 2.15 bits per heavy atom. The molecule has 0 spiro atoms. The standard InChI is InChI=1S/C16H24N2O2/c1-3-18(16(20)14-8-9-17-10-14)11-15(19)13-6-4-12(2)5-7-13/h4-7,14-15,17,19H,3,8-11H2,1-2H3. The van der Waals surface area contributed by atoms with E-state index < -0.39 is 6.10 Å². The Balaban J connectivity index is 1.98. The van der Waals surface area contributed by atoms with Crippen LogP contribution in [0.1, 0.15) is 30.6 Å². The quantitative estimate of drug-likeness (QED) is 0.856. The Bertz CT molecular complexity index is 438. The van der Waals surface area contributed by atoms with Crippen molar-refractivity contribution in [2.75, 3.05) is 26.2 Å². The highest BCUT2D eigenvalue weighted by atomic mass is 16.3. The summed E-state index contributed by atoms with van der Waals surface area (Å²) in [6.07, 6.45) is 0.282. The highest BCUT2D eigenvalue weighted by Gasteiger charge is 2.27. The summed E-state index contributed by atoms with van der Waals surface area (Å²) in [5.74, 6) is 0.226. The molecule has 0 saturated carbocycles. The minimum Gasteiger partial charge on any atom is -0.387 e. The molecule has 2 atom stereocenters. The number of carbonyl (C=O) groups is 1. The van der Waals surface area contributed by atoms with Crippen LogP contribution in [-0.2, 0) is 4.79 Å². The first-order chi connectivity index (χ1) is 9.61. The molecule has 1 heterocycles. The number of aliphatic hydroxyl groups excluding tert-OH is 1. The molecule has 1 aromatic rings. The number of nitrogens with zero attached hydrogens (tertiary/aromatic N) is 1. The summed E-state index contributed by atoms with van der Waals surface area (Å²) in [6, 6.07) is 7.82. The molecule has 110 valence electrons. The van der Waals surface area contributed by atoms with Crippen LogP contribution in [0.25, 0.3) is 0 Å². The molecular formula is C16H24N2O2. The van der Waals surface area contributed by atoms with Gasteiger partial charge in [0, 0.05) is 13.1 Å². The number of hydrogen-bond acceptors (Lipinski definition) is 3. The highest BCUT2D eigenvalue weighted by Crippen LogP contribution is 2.18. The van der Waals surface area contributed by atoms with Gasteiger partial charge in [0.2, 0.25) is 5.91 Å². The Hall–Kier alpha value is -1.39. The summed E-state index contributed by atoms with van der Waals surface area (Å²) in [5, 5.41) is 13.5. The van der Waals surface area contributed by atoms with E-state index >= 15 is 0 Å². The van der Waals surface area contributed by atoms with Crippen molar-refractivity contribution < 1.29 is 9.90 Å². The normalized spacial score (nSPS) is 19.9. The fourth-order valence-corrected chi connectivity index (χ4v) is 2.60. The molecule has 2 rings (SSSR count). The van der Waals surface area contributed by atoms with Gasteiger partial charge in [0.1, 0.15) is 0 Å². The van der Waals surface area contributed by atoms with Crippen molar-refractivity contribution >= 4 is 5.91 Å². The second-order valence-corrected chi connectivity index (χ2v) is 5.49. The maximum absolute atomic E-state index is 12.4. The first kappa shape index (κ1) is 15.0. The van der Waals surface area contributed by atoms with Crippen LogP contribution in [0.4, 0.5) is 0 Å². The summed E-state index contributed by atoms with van der Waals surface area (Å²) in [7, 11) is 0. The Morgan fingerprint density at radius 3 is 2.70 bits per heavy atom. The SMILES string of the molecule is CCN(CC(O)c1ccc(C)cc1)C(=O)C1CCNC1. The molecule has 4 heteroatoms. The van der Waals surface area contributed by atoms with E-state index in [1.165, 1.54) is 5.56 Å². The van der Waals surface area contributed by atoms with E-state index in [1.807, 2.05) is 38.1 Å². The predicted molar refractivity (Wildman–Crippen MR) is 79.4 cm³/mol. The molecule has 20 heavy (non-hydrogen) atoms. The number of nitrogens with one attached hydrogen (secondary N) is 1. The van der Waals surface area contributed by atoms with Crippen LogP contribution in [0.15, 0.2) is 24.3 Å². The maximum atomic E-state index is 12.4. The van der Waals surface area contributed by atoms with Crippen LogP contribution in [0.2, 0.25) is 0 Å². The van der Waals surface area contributed by atoms with Crippen molar-refractivity contribution in [2.24, 2.45) is 5.92 Å². The van der Waals surface area contributed by atoms with Crippen molar-refractivity contribution in [3.05, 3.63) is 35.4 Å². The molecule has 2 unspecified atom stereocenters. The van der Waals surface area contributed by atoms with Gasteiger partial charge in [-0.1, -0.05) is 29.8 Å². The molecule has 1 aliphatic heterocycles. The van der Waals surface area contributed by atoms with Gasteiger partial charge in [-0.2, -0.15) is 0 Å². The number of amides is 1. The topological polar surface area (TPSA) is 52.6 Å². The van der Waals surface area contributed by atoms with Crippen LogP contribution in [0, 0.1) is 12.8 Å². The molecule has 1 amide bonds. The smallest absolute Gasteiger partial charge is 0.227 e. The van der Waals surface area contributed by atoms with E-state index in [-0.39, 0.29) is 11.8 Å². The van der Waals surface area contributed by atoms with Gasteiger partial charge in [0.15, 0.2) is 0 Å². The van der Waals surface area contributed by atoms with Crippen LogP contribution in [0.5, 0.6) is 0 Å². The van der Waals surface area contributed by atoms with Gasteiger partial charge in [-0.3, -0.25) is 4.79 Å². The number of hydrogen-bond donors (Lipinski definition) is 2. The van der Waals surface area contributed by atoms with Crippen molar-refractivity contribution in [3.63, 3.8) is 0 Å². The third kappa shape index (κ3) is 3.58. The summed E-state index contributed by atoms with van der Waals surface area (Å²) in [4.78, 5) is 14.1. The lowest BCUT2D eigenvalue weighted by Gasteiger charge is -2.26. The fourth-order valence-electron chi connectivity index (χ4n) is 2.60. The molecule has 1 aromatic carbocycles. The van der Waals surface area contributed by atoms with E-state index in [0.717, 1.165) is 25.1 Å². The zero-order valence-corrected chi connectivity index (χ0v) is 12.3. The molecule has 1 saturated heterocycles.